The Hall–Kier alpha value is -4.18. The highest BCUT2D eigenvalue weighted by Gasteiger charge is 2.09. The summed E-state index contributed by atoms with van der Waals surface area (Å²) >= 11 is 1.61. The molecule has 0 saturated heterocycles. The summed E-state index contributed by atoms with van der Waals surface area (Å²) in [6.45, 7) is 2.00. The first-order valence-electron chi connectivity index (χ1n) is 10.5. The van der Waals surface area contributed by atoms with E-state index in [-0.39, 0.29) is 12.6 Å². The average molecular weight is 478 g/mol. The zero-order valence-corrected chi connectivity index (χ0v) is 19.4. The van der Waals surface area contributed by atoms with E-state index in [4.69, 9.17) is 9.47 Å². The van der Waals surface area contributed by atoms with Crippen molar-refractivity contribution < 1.29 is 19.1 Å². The maximum atomic E-state index is 12.3. The highest BCUT2D eigenvalue weighted by molar-refractivity contribution is 7.98. The molecule has 0 unspecified atom stereocenters. The van der Waals surface area contributed by atoms with Crippen LogP contribution < -0.4 is 20.7 Å². The number of hydrogen-bond donors (Lipinski definition) is 4. The van der Waals surface area contributed by atoms with Gasteiger partial charge in [0.25, 0.3) is 0 Å². The first-order valence-corrected chi connectivity index (χ1v) is 11.7. The van der Waals surface area contributed by atoms with Gasteiger partial charge in [-0.15, -0.1) is 11.8 Å². The average Bonchev–Trinajstić information content (AvgIpc) is 3.22. The van der Waals surface area contributed by atoms with Crippen molar-refractivity contribution in [3.63, 3.8) is 0 Å². The number of rotatable bonds is 7. The second kappa shape index (κ2) is 10.6. The van der Waals surface area contributed by atoms with Gasteiger partial charge in [0.05, 0.1) is 17.6 Å². The van der Waals surface area contributed by atoms with Gasteiger partial charge < -0.3 is 25.1 Å². The molecule has 0 fully saturated rings. The largest absolute Gasteiger partial charge is 0.457 e. The minimum Gasteiger partial charge on any atom is -0.457 e. The van der Waals surface area contributed by atoms with Crippen LogP contribution in [0, 0.1) is 0 Å². The molecule has 10 heteroatoms. The minimum absolute atomic E-state index is 0.273. The lowest BCUT2D eigenvalue weighted by atomic mass is 10.3. The quantitative estimate of drug-likeness (QED) is 0.232. The molecular weight excluding hydrogens is 454 g/mol. The number of fused-ring (bicyclic) bond motifs is 1. The van der Waals surface area contributed by atoms with Crippen molar-refractivity contribution in [3.05, 3.63) is 66.7 Å². The van der Waals surface area contributed by atoms with E-state index in [1.807, 2.05) is 30.5 Å². The second-order valence-corrected chi connectivity index (χ2v) is 7.93. The zero-order chi connectivity index (χ0) is 23.9. The van der Waals surface area contributed by atoms with E-state index in [2.05, 4.69) is 25.9 Å². The van der Waals surface area contributed by atoms with Crippen LogP contribution in [0.3, 0.4) is 0 Å². The number of aromatic amines is 1. The fraction of sp³-hybridized carbons (Fsp3) is 0.125. The fourth-order valence-corrected chi connectivity index (χ4v) is 3.57. The number of carbonyl (C=O) groups is 2. The van der Waals surface area contributed by atoms with Crippen molar-refractivity contribution >= 4 is 52.2 Å². The van der Waals surface area contributed by atoms with Gasteiger partial charge in [0.1, 0.15) is 11.5 Å². The number of nitrogens with one attached hydrogen (secondary N) is 4. The highest BCUT2D eigenvalue weighted by Crippen LogP contribution is 2.27. The Morgan fingerprint density at radius 3 is 2.47 bits per heavy atom. The Kier molecular flexibility index (Phi) is 7.19. The number of urea groups is 1. The Balaban J connectivity index is 1.36. The lowest BCUT2D eigenvalue weighted by Crippen LogP contribution is -2.19. The van der Waals surface area contributed by atoms with E-state index in [0.29, 0.717) is 34.2 Å². The van der Waals surface area contributed by atoms with Crippen LogP contribution in [0.5, 0.6) is 11.5 Å². The molecule has 0 spiro atoms. The van der Waals surface area contributed by atoms with Gasteiger partial charge in [-0.1, -0.05) is 6.07 Å². The molecule has 0 radical (unpaired) electrons. The Bertz CT molecular complexity index is 1310. The summed E-state index contributed by atoms with van der Waals surface area (Å²) in [5.41, 5.74) is 2.72. The summed E-state index contributed by atoms with van der Waals surface area (Å²) in [5, 5.41) is 8.15. The number of hydrogen-bond acceptors (Lipinski definition) is 6. The molecule has 4 N–H and O–H groups in total. The van der Waals surface area contributed by atoms with Gasteiger partial charge in [-0.25, -0.2) is 14.6 Å². The number of anilines is 3. The summed E-state index contributed by atoms with van der Waals surface area (Å²) in [4.78, 5) is 32.2. The molecule has 3 aromatic carbocycles. The molecule has 4 rings (SSSR count). The Morgan fingerprint density at radius 1 is 0.941 bits per heavy atom. The number of benzene rings is 3. The van der Waals surface area contributed by atoms with Crippen LogP contribution in [0.4, 0.5) is 26.9 Å². The summed E-state index contributed by atoms with van der Waals surface area (Å²) in [6, 6.07) is 19.7. The van der Waals surface area contributed by atoms with Crippen LogP contribution in [0.1, 0.15) is 6.92 Å². The predicted molar refractivity (Wildman–Crippen MR) is 134 cm³/mol. The number of H-pyrrole nitrogens is 1. The summed E-state index contributed by atoms with van der Waals surface area (Å²) in [6.07, 6.45) is 1.41. The number of nitrogens with zero attached hydrogens (tertiary/aromatic N) is 1. The smallest absolute Gasteiger partial charge is 0.413 e. The molecule has 3 amide bonds. The molecule has 1 aromatic heterocycles. The predicted octanol–water partition coefficient (Wildman–Crippen LogP) is 6.29. The molecule has 0 aliphatic rings. The third kappa shape index (κ3) is 5.99. The van der Waals surface area contributed by atoms with Crippen LogP contribution in [-0.2, 0) is 4.74 Å². The SMILES string of the molecule is CCOC(=O)Nc1nc2ccc(Oc3ccc(NC(=O)Nc4cccc(SC)c4)cc3)cc2[nH]1. The van der Waals surface area contributed by atoms with Crippen LogP contribution in [0.25, 0.3) is 11.0 Å². The molecule has 0 bridgehead atoms. The third-order valence-corrected chi connectivity index (χ3v) is 5.35. The summed E-state index contributed by atoms with van der Waals surface area (Å²) < 4.78 is 10.8. The normalized spacial score (nSPS) is 10.5. The molecule has 1 heterocycles. The highest BCUT2D eigenvalue weighted by atomic mass is 32.2. The van der Waals surface area contributed by atoms with E-state index in [0.717, 1.165) is 10.6 Å². The van der Waals surface area contributed by atoms with E-state index >= 15 is 0 Å². The molecule has 4 aromatic rings. The first-order chi connectivity index (χ1) is 16.5. The third-order valence-electron chi connectivity index (χ3n) is 4.62. The number of imidazole rings is 1. The van der Waals surface area contributed by atoms with Gasteiger partial charge in [0, 0.05) is 22.3 Å². The number of ether oxygens (including phenoxy) is 2. The van der Waals surface area contributed by atoms with E-state index < -0.39 is 6.09 Å². The van der Waals surface area contributed by atoms with Crippen LogP contribution in [-0.4, -0.2) is 35.0 Å². The maximum absolute atomic E-state index is 12.3. The molecule has 0 aliphatic heterocycles. The topological polar surface area (TPSA) is 117 Å². The minimum atomic E-state index is -0.575. The van der Waals surface area contributed by atoms with Gasteiger partial charge in [0.15, 0.2) is 0 Å². The summed E-state index contributed by atoms with van der Waals surface area (Å²) in [5.74, 6) is 1.48. The second-order valence-electron chi connectivity index (χ2n) is 7.05. The van der Waals surface area contributed by atoms with Crippen molar-refractivity contribution in [3.8, 4) is 11.5 Å². The molecule has 174 valence electrons. The van der Waals surface area contributed by atoms with Crippen molar-refractivity contribution in [1.29, 1.82) is 0 Å². The van der Waals surface area contributed by atoms with E-state index in [1.165, 1.54) is 0 Å². The van der Waals surface area contributed by atoms with Gasteiger partial charge in [-0.3, -0.25) is 5.32 Å². The lowest BCUT2D eigenvalue weighted by Gasteiger charge is -2.10. The van der Waals surface area contributed by atoms with Crippen molar-refractivity contribution in [2.45, 2.75) is 11.8 Å². The van der Waals surface area contributed by atoms with E-state index in [9.17, 15) is 9.59 Å². The van der Waals surface area contributed by atoms with Crippen LogP contribution in [0.2, 0.25) is 0 Å². The Morgan fingerprint density at radius 2 is 1.71 bits per heavy atom. The van der Waals surface area contributed by atoms with Crippen molar-refractivity contribution in [2.75, 3.05) is 28.8 Å². The number of aromatic nitrogens is 2. The van der Waals surface area contributed by atoms with Crippen LogP contribution in [0.15, 0.2) is 71.6 Å². The van der Waals surface area contributed by atoms with Crippen molar-refractivity contribution in [2.24, 2.45) is 0 Å². The summed E-state index contributed by atoms with van der Waals surface area (Å²) in [7, 11) is 0. The fourth-order valence-electron chi connectivity index (χ4n) is 3.11. The molecule has 0 atom stereocenters. The molecular formula is C24H23N5O4S. The molecule has 0 aliphatic carbocycles. The molecule has 0 saturated carbocycles. The van der Waals surface area contributed by atoms with E-state index in [1.54, 1.807) is 61.2 Å². The maximum Gasteiger partial charge on any atom is 0.413 e. The molecule has 34 heavy (non-hydrogen) atoms. The van der Waals surface area contributed by atoms with Crippen LogP contribution >= 0.6 is 11.8 Å². The number of amides is 3. The number of thioether (sulfide) groups is 1. The standard InChI is InChI=1S/C24H23N5O4S/c1-3-32-24(31)29-22-27-20-12-11-18(14-21(20)28-22)33-17-9-7-15(8-10-17)25-23(30)26-16-5-4-6-19(13-16)34-2/h4-14H,3H2,1-2H3,(H2,25,26,30)(H2,27,28,29,31). The lowest BCUT2D eigenvalue weighted by molar-refractivity contribution is 0.167. The monoisotopic (exact) mass is 477 g/mol. The van der Waals surface area contributed by atoms with Gasteiger partial charge in [0.2, 0.25) is 5.95 Å². The zero-order valence-electron chi connectivity index (χ0n) is 18.5. The van der Waals surface area contributed by atoms with Crippen molar-refractivity contribution in [1.82, 2.24) is 9.97 Å². The number of carbonyl (C=O) groups excluding carboxylic acids is 2. The molecule has 9 nitrogen and oxygen atoms in total. The first kappa shape index (κ1) is 23.0. The van der Waals surface area contributed by atoms with Gasteiger partial charge >= 0.3 is 12.1 Å². The van der Waals surface area contributed by atoms with Gasteiger partial charge in [-0.05, 0) is 67.8 Å². The van der Waals surface area contributed by atoms with Gasteiger partial charge in [-0.2, -0.15) is 0 Å². The Labute approximate surface area is 200 Å².